The van der Waals surface area contributed by atoms with E-state index >= 15 is 0 Å². The zero-order chi connectivity index (χ0) is 20.1. The number of piperazine rings is 1. The lowest BCUT2D eigenvalue weighted by molar-refractivity contribution is -0.123. The van der Waals surface area contributed by atoms with E-state index in [0.29, 0.717) is 12.5 Å². The summed E-state index contributed by atoms with van der Waals surface area (Å²) in [6.07, 6.45) is 0. The average molecular weight is 382 g/mol. The summed E-state index contributed by atoms with van der Waals surface area (Å²) in [4.78, 5) is 26.2. The first-order valence-electron chi connectivity index (χ1n) is 10.1. The van der Waals surface area contributed by atoms with Gasteiger partial charge in [0.2, 0.25) is 5.91 Å². The molecular formula is C22H31N5O. The molecule has 1 saturated heterocycles. The van der Waals surface area contributed by atoms with E-state index in [-0.39, 0.29) is 11.9 Å². The summed E-state index contributed by atoms with van der Waals surface area (Å²) in [5, 5.41) is 3.10. The van der Waals surface area contributed by atoms with Crippen molar-refractivity contribution in [1.29, 1.82) is 0 Å². The summed E-state index contributed by atoms with van der Waals surface area (Å²) in [6.45, 7) is 12.2. The van der Waals surface area contributed by atoms with Gasteiger partial charge in [0, 0.05) is 43.9 Å². The maximum atomic E-state index is 12.4. The summed E-state index contributed by atoms with van der Waals surface area (Å²) in [6, 6.07) is 12.1. The largest absolute Gasteiger partial charge is 0.354 e. The molecule has 2 aromatic rings. The second-order valence-corrected chi connectivity index (χ2v) is 7.84. The van der Waals surface area contributed by atoms with Gasteiger partial charge in [-0.3, -0.25) is 9.69 Å². The van der Waals surface area contributed by atoms with E-state index in [4.69, 9.17) is 4.98 Å². The predicted molar refractivity (Wildman–Crippen MR) is 113 cm³/mol. The van der Waals surface area contributed by atoms with Gasteiger partial charge in [-0.05, 0) is 19.4 Å². The first-order valence-corrected chi connectivity index (χ1v) is 10.1. The molecule has 1 atom stereocenters. The van der Waals surface area contributed by atoms with Crippen molar-refractivity contribution in [3.63, 3.8) is 0 Å². The number of amides is 1. The molecule has 0 unspecified atom stereocenters. The molecule has 1 fully saturated rings. The van der Waals surface area contributed by atoms with Crippen molar-refractivity contribution in [1.82, 2.24) is 20.2 Å². The molecule has 2 heterocycles. The number of nitrogens with one attached hydrogen (secondary N) is 1. The van der Waals surface area contributed by atoms with E-state index in [2.05, 4.69) is 40.0 Å². The molecule has 3 rings (SSSR count). The Kier molecular flexibility index (Phi) is 6.62. The lowest BCUT2D eigenvalue weighted by atomic mass is 10.1. The minimum absolute atomic E-state index is 0.0217. The third-order valence-corrected chi connectivity index (χ3v) is 5.11. The van der Waals surface area contributed by atoms with Crippen LogP contribution in [0.15, 0.2) is 36.4 Å². The van der Waals surface area contributed by atoms with Crippen LogP contribution in [-0.4, -0.2) is 53.5 Å². The Balaban J connectivity index is 1.51. The summed E-state index contributed by atoms with van der Waals surface area (Å²) < 4.78 is 0. The number of aryl methyl sites for hydroxylation is 1. The van der Waals surface area contributed by atoms with E-state index in [0.717, 1.165) is 49.1 Å². The van der Waals surface area contributed by atoms with Gasteiger partial charge in [0.1, 0.15) is 11.6 Å². The Morgan fingerprint density at radius 2 is 1.75 bits per heavy atom. The number of anilines is 1. The number of hydrogen-bond donors (Lipinski definition) is 1. The first-order chi connectivity index (χ1) is 13.4. The molecule has 150 valence electrons. The van der Waals surface area contributed by atoms with Crippen LogP contribution in [0.4, 0.5) is 5.82 Å². The van der Waals surface area contributed by atoms with Crippen LogP contribution in [0.25, 0.3) is 0 Å². The van der Waals surface area contributed by atoms with Crippen molar-refractivity contribution >= 4 is 11.7 Å². The standard InChI is InChI=1S/C22H31N5O/c1-16(2)22-23-17(3)14-20(25-22)27-12-10-26(11-13-27)15-21(28)24-18(4)19-8-6-5-7-9-19/h5-9,14,16,18H,10-13,15H2,1-4H3,(H,24,28)/t18-/m1/s1. The topological polar surface area (TPSA) is 61.4 Å². The van der Waals surface area contributed by atoms with Crippen LogP contribution in [0.3, 0.4) is 0 Å². The molecule has 6 nitrogen and oxygen atoms in total. The minimum Gasteiger partial charge on any atom is -0.354 e. The van der Waals surface area contributed by atoms with E-state index in [1.165, 1.54) is 0 Å². The van der Waals surface area contributed by atoms with Gasteiger partial charge in [-0.1, -0.05) is 44.2 Å². The van der Waals surface area contributed by atoms with Gasteiger partial charge in [0.25, 0.3) is 0 Å². The highest BCUT2D eigenvalue weighted by molar-refractivity contribution is 5.78. The molecule has 1 N–H and O–H groups in total. The zero-order valence-corrected chi connectivity index (χ0v) is 17.4. The van der Waals surface area contributed by atoms with Gasteiger partial charge in [0.15, 0.2) is 0 Å². The molecule has 0 aliphatic carbocycles. The molecule has 0 saturated carbocycles. The molecule has 1 aliphatic rings. The number of hydrogen-bond acceptors (Lipinski definition) is 5. The molecule has 6 heteroatoms. The third kappa shape index (κ3) is 5.29. The SMILES string of the molecule is Cc1cc(N2CCN(CC(=O)N[C@H](C)c3ccccc3)CC2)nc(C(C)C)n1. The van der Waals surface area contributed by atoms with E-state index < -0.39 is 0 Å². The number of rotatable bonds is 6. The molecule has 1 aromatic heterocycles. The first kappa shape index (κ1) is 20.3. The number of nitrogens with zero attached hydrogens (tertiary/aromatic N) is 4. The van der Waals surface area contributed by atoms with Crippen molar-refractivity contribution < 1.29 is 4.79 Å². The summed E-state index contributed by atoms with van der Waals surface area (Å²) in [5.41, 5.74) is 2.13. The van der Waals surface area contributed by atoms with Crippen LogP contribution >= 0.6 is 0 Å². The fraction of sp³-hybridized carbons (Fsp3) is 0.500. The maximum Gasteiger partial charge on any atom is 0.234 e. The molecule has 0 radical (unpaired) electrons. The number of carbonyl (C=O) groups excluding carboxylic acids is 1. The van der Waals surface area contributed by atoms with Crippen molar-refractivity contribution in [2.45, 2.75) is 39.7 Å². The van der Waals surface area contributed by atoms with Crippen molar-refractivity contribution in [3.8, 4) is 0 Å². The lowest BCUT2D eigenvalue weighted by Gasteiger charge is -2.35. The number of carbonyl (C=O) groups is 1. The van der Waals surface area contributed by atoms with Crippen LogP contribution in [0.5, 0.6) is 0 Å². The van der Waals surface area contributed by atoms with E-state index in [1.54, 1.807) is 0 Å². The fourth-order valence-corrected chi connectivity index (χ4v) is 3.44. The normalized spacial score (nSPS) is 16.2. The highest BCUT2D eigenvalue weighted by Gasteiger charge is 2.21. The minimum atomic E-state index is 0.0217. The summed E-state index contributed by atoms with van der Waals surface area (Å²) in [5.74, 6) is 2.28. The molecule has 0 bridgehead atoms. The Bertz CT molecular complexity index is 785. The average Bonchev–Trinajstić information content (AvgIpc) is 2.68. The second-order valence-electron chi connectivity index (χ2n) is 7.84. The Morgan fingerprint density at radius 1 is 1.07 bits per heavy atom. The highest BCUT2D eigenvalue weighted by atomic mass is 16.2. The Morgan fingerprint density at radius 3 is 2.39 bits per heavy atom. The maximum absolute atomic E-state index is 12.4. The fourth-order valence-electron chi connectivity index (χ4n) is 3.44. The predicted octanol–water partition coefficient (Wildman–Crippen LogP) is 2.91. The van der Waals surface area contributed by atoms with Gasteiger partial charge in [0.05, 0.1) is 12.6 Å². The van der Waals surface area contributed by atoms with Gasteiger partial charge in [-0.2, -0.15) is 0 Å². The number of benzene rings is 1. The summed E-state index contributed by atoms with van der Waals surface area (Å²) in [7, 11) is 0. The lowest BCUT2D eigenvalue weighted by Crippen LogP contribution is -2.50. The highest BCUT2D eigenvalue weighted by Crippen LogP contribution is 2.18. The second kappa shape index (κ2) is 9.15. The molecule has 0 spiro atoms. The smallest absolute Gasteiger partial charge is 0.234 e. The van der Waals surface area contributed by atoms with E-state index in [9.17, 15) is 4.79 Å². The van der Waals surface area contributed by atoms with Crippen molar-refractivity contribution in [2.24, 2.45) is 0 Å². The molecule has 1 amide bonds. The number of aromatic nitrogens is 2. The van der Waals surface area contributed by atoms with Crippen molar-refractivity contribution in [2.75, 3.05) is 37.6 Å². The van der Waals surface area contributed by atoms with E-state index in [1.807, 2.05) is 44.2 Å². The van der Waals surface area contributed by atoms with Crippen LogP contribution in [0.1, 0.15) is 49.8 Å². The Labute approximate surface area is 168 Å². The monoisotopic (exact) mass is 381 g/mol. The molecule has 1 aliphatic heterocycles. The van der Waals surface area contributed by atoms with Crippen LogP contribution in [0, 0.1) is 6.92 Å². The van der Waals surface area contributed by atoms with Gasteiger partial charge in [-0.15, -0.1) is 0 Å². The van der Waals surface area contributed by atoms with Crippen LogP contribution in [0.2, 0.25) is 0 Å². The van der Waals surface area contributed by atoms with Gasteiger partial charge < -0.3 is 10.2 Å². The zero-order valence-electron chi connectivity index (χ0n) is 17.4. The van der Waals surface area contributed by atoms with Gasteiger partial charge in [-0.25, -0.2) is 9.97 Å². The Hall–Kier alpha value is -2.47. The van der Waals surface area contributed by atoms with Crippen LogP contribution < -0.4 is 10.2 Å². The molecule has 1 aromatic carbocycles. The van der Waals surface area contributed by atoms with Crippen molar-refractivity contribution in [3.05, 3.63) is 53.5 Å². The molecule has 28 heavy (non-hydrogen) atoms. The third-order valence-electron chi connectivity index (χ3n) is 5.11. The quantitative estimate of drug-likeness (QED) is 0.834. The molecular weight excluding hydrogens is 350 g/mol. The van der Waals surface area contributed by atoms with Crippen LogP contribution in [-0.2, 0) is 4.79 Å². The summed E-state index contributed by atoms with van der Waals surface area (Å²) >= 11 is 0. The van der Waals surface area contributed by atoms with Gasteiger partial charge >= 0.3 is 0 Å².